The van der Waals surface area contributed by atoms with Crippen LogP contribution >= 0.6 is 0 Å². The summed E-state index contributed by atoms with van der Waals surface area (Å²) in [5.74, 6) is -0.488. The van der Waals surface area contributed by atoms with Gasteiger partial charge in [0.05, 0.1) is 32.8 Å². The molecule has 0 saturated carbocycles. The number of rotatable bonds is 6. The van der Waals surface area contributed by atoms with E-state index in [1.165, 1.54) is 14.2 Å². The second-order valence-corrected chi connectivity index (χ2v) is 4.23. The summed E-state index contributed by atoms with van der Waals surface area (Å²) in [4.78, 5) is 22.1. The van der Waals surface area contributed by atoms with E-state index < -0.39 is 0 Å². The van der Waals surface area contributed by atoms with E-state index in [4.69, 9.17) is 4.74 Å². The molecule has 1 aliphatic rings. The molecule has 2 atom stereocenters. The van der Waals surface area contributed by atoms with Gasteiger partial charge in [-0.2, -0.15) is 0 Å². The van der Waals surface area contributed by atoms with E-state index in [0.29, 0.717) is 13.0 Å². The van der Waals surface area contributed by atoms with Crippen molar-refractivity contribution in [1.82, 2.24) is 0 Å². The normalized spacial score (nSPS) is 23.4. The number of hydrogen-bond acceptors (Lipinski definition) is 5. The molecule has 1 heterocycles. The monoisotopic (exact) mass is 244 g/mol. The van der Waals surface area contributed by atoms with Crippen molar-refractivity contribution in [2.45, 2.75) is 38.2 Å². The Labute approximate surface area is 101 Å². The molecule has 5 nitrogen and oxygen atoms in total. The molecular formula is C12H20O5. The summed E-state index contributed by atoms with van der Waals surface area (Å²) in [6.45, 7) is 0.453. The van der Waals surface area contributed by atoms with Crippen molar-refractivity contribution in [3.63, 3.8) is 0 Å². The lowest BCUT2D eigenvalue weighted by Gasteiger charge is -2.08. The predicted molar refractivity (Wildman–Crippen MR) is 60.3 cm³/mol. The summed E-state index contributed by atoms with van der Waals surface area (Å²) in [5.41, 5.74) is 0. The molecule has 0 bridgehead atoms. The number of carbonyl (C=O) groups is 2. The van der Waals surface area contributed by atoms with Crippen molar-refractivity contribution in [3.8, 4) is 0 Å². The highest BCUT2D eigenvalue weighted by Crippen LogP contribution is 2.24. The minimum absolute atomic E-state index is 0.120. The number of ether oxygens (including phenoxy) is 3. The van der Waals surface area contributed by atoms with Gasteiger partial charge in [0.2, 0.25) is 0 Å². The highest BCUT2D eigenvalue weighted by atomic mass is 16.5. The van der Waals surface area contributed by atoms with Crippen LogP contribution in [0.1, 0.15) is 32.1 Å². The van der Waals surface area contributed by atoms with E-state index in [-0.39, 0.29) is 24.0 Å². The fourth-order valence-electron chi connectivity index (χ4n) is 1.98. The Hall–Kier alpha value is -1.10. The van der Waals surface area contributed by atoms with Gasteiger partial charge in [-0.15, -0.1) is 0 Å². The SMILES string of the molecule is COC(=O)CCCCC1CC(C(=O)OC)CO1. The van der Waals surface area contributed by atoms with E-state index in [9.17, 15) is 9.59 Å². The van der Waals surface area contributed by atoms with Crippen LogP contribution in [0.2, 0.25) is 0 Å². The Kier molecular flexibility index (Phi) is 5.97. The Morgan fingerprint density at radius 3 is 2.65 bits per heavy atom. The van der Waals surface area contributed by atoms with Gasteiger partial charge in [0.25, 0.3) is 0 Å². The molecule has 0 radical (unpaired) electrons. The molecule has 2 unspecified atom stereocenters. The lowest BCUT2D eigenvalue weighted by atomic mass is 10.0. The standard InChI is InChI=1S/C12H20O5/c1-15-11(13)6-4-3-5-10-7-9(8-17-10)12(14)16-2/h9-10H,3-8H2,1-2H3. The minimum atomic E-state index is -0.193. The van der Waals surface area contributed by atoms with Gasteiger partial charge >= 0.3 is 11.9 Å². The van der Waals surface area contributed by atoms with Crippen LogP contribution in [0.4, 0.5) is 0 Å². The first-order valence-electron chi connectivity index (χ1n) is 5.93. The maximum atomic E-state index is 11.3. The van der Waals surface area contributed by atoms with E-state index in [1.807, 2.05) is 0 Å². The molecule has 1 saturated heterocycles. The quantitative estimate of drug-likeness (QED) is 0.520. The average molecular weight is 244 g/mol. The number of carbonyl (C=O) groups excluding carboxylic acids is 2. The molecule has 0 aromatic heterocycles. The fourth-order valence-corrected chi connectivity index (χ4v) is 1.98. The van der Waals surface area contributed by atoms with Crippen LogP contribution in [0, 0.1) is 5.92 Å². The summed E-state index contributed by atoms with van der Waals surface area (Å²) >= 11 is 0. The van der Waals surface area contributed by atoms with Gasteiger partial charge in [-0.1, -0.05) is 6.42 Å². The first kappa shape index (κ1) is 14.0. The van der Waals surface area contributed by atoms with Crippen LogP contribution < -0.4 is 0 Å². The summed E-state index contributed by atoms with van der Waals surface area (Å²) < 4.78 is 14.7. The van der Waals surface area contributed by atoms with Crippen molar-refractivity contribution < 1.29 is 23.8 Å². The van der Waals surface area contributed by atoms with Gasteiger partial charge in [-0.05, 0) is 19.3 Å². The Balaban J connectivity index is 2.10. The summed E-state index contributed by atoms with van der Waals surface area (Å²) in [5, 5.41) is 0. The number of unbranched alkanes of at least 4 members (excludes halogenated alkanes) is 1. The van der Waals surface area contributed by atoms with Gasteiger partial charge in [-0.3, -0.25) is 9.59 Å². The molecule has 0 spiro atoms. The van der Waals surface area contributed by atoms with Crippen LogP contribution in [0.15, 0.2) is 0 Å². The van der Waals surface area contributed by atoms with E-state index in [1.54, 1.807) is 0 Å². The highest BCUT2D eigenvalue weighted by Gasteiger charge is 2.30. The van der Waals surface area contributed by atoms with Crippen molar-refractivity contribution in [3.05, 3.63) is 0 Å². The molecular weight excluding hydrogens is 224 g/mol. The van der Waals surface area contributed by atoms with E-state index in [2.05, 4.69) is 9.47 Å². The molecule has 17 heavy (non-hydrogen) atoms. The van der Waals surface area contributed by atoms with Gasteiger partial charge in [0.1, 0.15) is 0 Å². The zero-order valence-electron chi connectivity index (χ0n) is 10.4. The molecule has 0 aliphatic carbocycles. The molecule has 0 aromatic carbocycles. The van der Waals surface area contributed by atoms with E-state index in [0.717, 1.165) is 25.7 Å². The average Bonchev–Trinajstić information content (AvgIpc) is 2.82. The summed E-state index contributed by atoms with van der Waals surface area (Å²) in [7, 11) is 2.79. The second-order valence-electron chi connectivity index (χ2n) is 4.23. The molecule has 5 heteroatoms. The lowest BCUT2D eigenvalue weighted by molar-refractivity contribution is -0.145. The fraction of sp³-hybridized carbons (Fsp3) is 0.833. The predicted octanol–water partition coefficient (Wildman–Crippen LogP) is 1.30. The van der Waals surface area contributed by atoms with Crippen molar-refractivity contribution in [2.24, 2.45) is 5.92 Å². The first-order chi connectivity index (χ1) is 8.17. The maximum Gasteiger partial charge on any atom is 0.311 e. The minimum Gasteiger partial charge on any atom is -0.469 e. The van der Waals surface area contributed by atoms with Crippen LogP contribution in [-0.2, 0) is 23.8 Å². The van der Waals surface area contributed by atoms with Crippen molar-refractivity contribution in [1.29, 1.82) is 0 Å². The Morgan fingerprint density at radius 1 is 1.24 bits per heavy atom. The second kappa shape index (κ2) is 7.27. The zero-order valence-corrected chi connectivity index (χ0v) is 10.4. The molecule has 0 N–H and O–H groups in total. The first-order valence-corrected chi connectivity index (χ1v) is 5.93. The Morgan fingerprint density at radius 2 is 2.00 bits per heavy atom. The van der Waals surface area contributed by atoms with Gasteiger partial charge in [0.15, 0.2) is 0 Å². The maximum absolute atomic E-state index is 11.3. The highest BCUT2D eigenvalue weighted by molar-refractivity contribution is 5.72. The van der Waals surface area contributed by atoms with E-state index >= 15 is 0 Å². The summed E-state index contributed by atoms with van der Waals surface area (Å²) in [6, 6.07) is 0. The Bertz CT molecular complexity index is 264. The smallest absolute Gasteiger partial charge is 0.311 e. The molecule has 1 aliphatic heterocycles. The van der Waals surface area contributed by atoms with Crippen LogP contribution in [0.25, 0.3) is 0 Å². The van der Waals surface area contributed by atoms with Crippen LogP contribution in [0.3, 0.4) is 0 Å². The topological polar surface area (TPSA) is 61.8 Å². The molecule has 98 valence electrons. The van der Waals surface area contributed by atoms with Crippen LogP contribution in [-0.4, -0.2) is 38.9 Å². The third-order valence-electron chi connectivity index (χ3n) is 3.00. The van der Waals surface area contributed by atoms with Crippen molar-refractivity contribution >= 4 is 11.9 Å². The largest absolute Gasteiger partial charge is 0.469 e. The third kappa shape index (κ3) is 4.73. The zero-order chi connectivity index (χ0) is 12.7. The number of esters is 2. The molecule has 1 fully saturated rings. The van der Waals surface area contributed by atoms with Gasteiger partial charge in [-0.25, -0.2) is 0 Å². The number of methoxy groups -OCH3 is 2. The molecule has 0 aromatic rings. The molecule has 0 amide bonds. The molecule has 1 rings (SSSR count). The number of hydrogen-bond donors (Lipinski definition) is 0. The third-order valence-corrected chi connectivity index (χ3v) is 3.00. The van der Waals surface area contributed by atoms with Crippen LogP contribution in [0.5, 0.6) is 0 Å². The van der Waals surface area contributed by atoms with Gasteiger partial charge < -0.3 is 14.2 Å². The lowest BCUT2D eigenvalue weighted by Crippen LogP contribution is -2.16. The van der Waals surface area contributed by atoms with Gasteiger partial charge in [0, 0.05) is 6.42 Å². The summed E-state index contributed by atoms with van der Waals surface area (Å²) in [6.07, 6.45) is 3.89. The van der Waals surface area contributed by atoms with Crippen molar-refractivity contribution in [2.75, 3.05) is 20.8 Å².